The topological polar surface area (TPSA) is 20.2 Å². The van der Waals surface area contributed by atoms with E-state index in [1.165, 1.54) is 5.56 Å². The van der Waals surface area contributed by atoms with Crippen LogP contribution in [0.3, 0.4) is 0 Å². The van der Waals surface area contributed by atoms with Gasteiger partial charge in [0.25, 0.3) is 0 Å². The highest BCUT2D eigenvalue weighted by Crippen LogP contribution is 2.20. The lowest BCUT2D eigenvalue weighted by molar-refractivity contribution is 0.512. The smallest absolute Gasteiger partial charge is 0.123 e. The first-order chi connectivity index (χ1) is 9.24. The summed E-state index contributed by atoms with van der Waals surface area (Å²) < 4.78 is 0. The third kappa shape index (κ3) is 2.32. The van der Waals surface area contributed by atoms with Crippen LogP contribution < -0.4 is 10.4 Å². The van der Waals surface area contributed by atoms with E-state index in [9.17, 15) is 5.11 Å². The number of fused-ring (bicyclic) bond motifs is 1. The summed E-state index contributed by atoms with van der Waals surface area (Å²) in [6, 6.07) is 16.3. The zero-order valence-electron chi connectivity index (χ0n) is 10.9. The number of aliphatic hydroxyl groups excluding tert-OH is 1. The summed E-state index contributed by atoms with van der Waals surface area (Å²) in [5.74, 6) is 0.350. The largest absolute Gasteiger partial charge is 0.507 e. The van der Waals surface area contributed by atoms with Gasteiger partial charge in [-0.3, -0.25) is 0 Å². The van der Waals surface area contributed by atoms with Crippen molar-refractivity contribution in [1.82, 2.24) is 0 Å². The molecule has 0 unspecified atom stereocenters. The minimum atomic E-state index is 0.350. The van der Waals surface area contributed by atoms with E-state index in [1.807, 2.05) is 36.4 Å². The van der Waals surface area contributed by atoms with Gasteiger partial charge in [-0.15, -0.1) is 0 Å². The van der Waals surface area contributed by atoms with Crippen molar-refractivity contribution < 1.29 is 5.11 Å². The number of allylic oxidation sites excluding steroid dienone is 1. The summed E-state index contributed by atoms with van der Waals surface area (Å²) in [4.78, 5) is 0. The van der Waals surface area contributed by atoms with Gasteiger partial charge in [0, 0.05) is 5.22 Å². The number of rotatable bonds is 1. The second kappa shape index (κ2) is 4.77. The van der Waals surface area contributed by atoms with Crippen molar-refractivity contribution >= 4 is 17.4 Å². The number of hydrogen-bond acceptors (Lipinski definition) is 1. The quantitative estimate of drug-likeness (QED) is 0.822. The van der Waals surface area contributed by atoms with Crippen LogP contribution >= 0.6 is 0 Å². The minimum Gasteiger partial charge on any atom is -0.507 e. The number of benzene rings is 2. The van der Waals surface area contributed by atoms with E-state index in [1.54, 1.807) is 0 Å². The predicted octanol–water partition coefficient (Wildman–Crippen LogP) is 2.93. The maximum absolute atomic E-state index is 10.3. The molecule has 0 bridgehead atoms. The van der Waals surface area contributed by atoms with Crippen molar-refractivity contribution in [2.45, 2.75) is 13.3 Å². The molecule has 0 saturated heterocycles. The lowest BCUT2D eigenvalue weighted by Gasteiger charge is -2.03. The van der Waals surface area contributed by atoms with Crippen LogP contribution in [0.4, 0.5) is 0 Å². The van der Waals surface area contributed by atoms with E-state index in [0.717, 1.165) is 28.0 Å². The Hall–Kier alpha value is -2.28. The Bertz CT molecular complexity index is 752. The molecule has 0 spiro atoms. The fourth-order valence-electron chi connectivity index (χ4n) is 2.46. The van der Waals surface area contributed by atoms with Crippen molar-refractivity contribution in [2.75, 3.05) is 0 Å². The monoisotopic (exact) mass is 248 g/mol. The van der Waals surface area contributed by atoms with Crippen LogP contribution in [0.2, 0.25) is 0 Å². The average Bonchev–Trinajstić information content (AvgIpc) is 2.59. The summed E-state index contributed by atoms with van der Waals surface area (Å²) in [5, 5.41) is 12.3. The van der Waals surface area contributed by atoms with E-state index in [2.05, 4.69) is 31.2 Å². The molecule has 0 aliphatic heterocycles. The normalized spacial score (nSPS) is 14.2. The molecule has 0 radical (unpaired) electrons. The van der Waals surface area contributed by atoms with Crippen LogP contribution in [0.15, 0.2) is 54.6 Å². The number of aryl methyl sites for hydroxylation is 1. The summed E-state index contributed by atoms with van der Waals surface area (Å²) >= 11 is 0. The molecule has 0 saturated carbocycles. The zero-order valence-corrected chi connectivity index (χ0v) is 10.9. The molecule has 1 aliphatic rings. The highest BCUT2D eigenvalue weighted by Gasteiger charge is 2.05. The lowest BCUT2D eigenvalue weighted by Crippen LogP contribution is -2.26. The Morgan fingerprint density at radius 1 is 1.00 bits per heavy atom. The minimum absolute atomic E-state index is 0.350. The van der Waals surface area contributed by atoms with Crippen molar-refractivity contribution in [3.05, 3.63) is 76.2 Å². The first kappa shape index (κ1) is 11.8. The second-order valence-electron chi connectivity index (χ2n) is 4.92. The Kier molecular flexibility index (Phi) is 2.96. The number of hydrogen-bond donors (Lipinski definition) is 1. The Morgan fingerprint density at radius 2 is 1.79 bits per heavy atom. The van der Waals surface area contributed by atoms with Gasteiger partial charge >= 0.3 is 0 Å². The summed E-state index contributed by atoms with van der Waals surface area (Å²) in [6.45, 7) is 2.07. The van der Waals surface area contributed by atoms with Crippen LogP contribution in [-0.4, -0.2) is 5.11 Å². The third-order valence-corrected chi connectivity index (χ3v) is 3.48. The maximum Gasteiger partial charge on any atom is 0.123 e. The van der Waals surface area contributed by atoms with Crippen LogP contribution in [0, 0.1) is 6.92 Å². The first-order valence-corrected chi connectivity index (χ1v) is 6.50. The Balaban J connectivity index is 2.17. The predicted molar refractivity (Wildman–Crippen MR) is 80.0 cm³/mol. The van der Waals surface area contributed by atoms with Gasteiger partial charge in [0.05, 0.1) is 0 Å². The van der Waals surface area contributed by atoms with Gasteiger partial charge in [0.15, 0.2) is 0 Å². The summed E-state index contributed by atoms with van der Waals surface area (Å²) in [7, 11) is 0. The van der Waals surface area contributed by atoms with Crippen LogP contribution in [0.1, 0.15) is 17.5 Å². The summed E-state index contributed by atoms with van der Waals surface area (Å²) in [6.07, 6.45) is 4.90. The van der Waals surface area contributed by atoms with Gasteiger partial charge in [0.2, 0.25) is 0 Å². The molecule has 0 heterocycles. The maximum atomic E-state index is 10.3. The molecule has 2 aromatic carbocycles. The Morgan fingerprint density at radius 3 is 2.58 bits per heavy atom. The van der Waals surface area contributed by atoms with E-state index in [0.29, 0.717) is 5.76 Å². The van der Waals surface area contributed by atoms with Crippen molar-refractivity contribution in [3.63, 3.8) is 0 Å². The molecule has 1 heteroatoms. The molecule has 0 fully saturated rings. The van der Waals surface area contributed by atoms with Crippen molar-refractivity contribution in [3.8, 4) is 0 Å². The molecule has 0 aromatic heterocycles. The van der Waals surface area contributed by atoms with Gasteiger partial charge in [0.1, 0.15) is 5.76 Å². The molecular formula is C18H16O. The standard InChI is InChI=1S/C18H16O/c1-13-7-10-17-16(11-13)9-8-15(12-18(17)19)14-5-3-2-4-6-14/h2-7,9-12,19H,8H2,1H3. The SMILES string of the molecule is Cc1ccc2c(c1)=CCC(c1ccccc1)=CC=2O. The molecule has 94 valence electrons. The molecule has 1 N–H and O–H groups in total. The van der Waals surface area contributed by atoms with Crippen LogP contribution in [0.25, 0.3) is 17.4 Å². The average molecular weight is 248 g/mol. The first-order valence-electron chi connectivity index (χ1n) is 6.50. The number of aliphatic hydroxyl groups is 1. The fourth-order valence-corrected chi connectivity index (χ4v) is 2.46. The van der Waals surface area contributed by atoms with Gasteiger partial charge in [-0.2, -0.15) is 0 Å². The molecule has 1 nitrogen and oxygen atoms in total. The second-order valence-corrected chi connectivity index (χ2v) is 4.92. The molecule has 2 aromatic rings. The van der Waals surface area contributed by atoms with Crippen LogP contribution in [-0.2, 0) is 0 Å². The van der Waals surface area contributed by atoms with Crippen LogP contribution in [0.5, 0.6) is 0 Å². The van der Waals surface area contributed by atoms with Gasteiger partial charge in [-0.05, 0) is 35.8 Å². The molecule has 0 atom stereocenters. The van der Waals surface area contributed by atoms with E-state index in [4.69, 9.17) is 0 Å². The van der Waals surface area contributed by atoms with E-state index >= 15 is 0 Å². The fraction of sp³-hybridized carbons (Fsp3) is 0.111. The molecule has 3 rings (SSSR count). The highest BCUT2D eigenvalue weighted by molar-refractivity contribution is 5.78. The van der Waals surface area contributed by atoms with Crippen molar-refractivity contribution in [1.29, 1.82) is 0 Å². The van der Waals surface area contributed by atoms with Gasteiger partial charge in [-0.25, -0.2) is 0 Å². The molecule has 19 heavy (non-hydrogen) atoms. The molecule has 0 amide bonds. The zero-order chi connectivity index (χ0) is 13.2. The van der Waals surface area contributed by atoms with E-state index in [-0.39, 0.29) is 0 Å². The molecule has 1 aliphatic carbocycles. The molecular weight excluding hydrogens is 232 g/mol. The third-order valence-electron chi connectivity index (χ3n) is 3.48. The lowest BCUT2D eigenvalue weighted by atomic mass is 10.0. The van der Waals surface area contributed by atoms with E-state index < -0.39 is 0 Å². The summed E-state index contributed by atoms with van der Waals surface area (Å²) in [5.41, 5.74) is 3.52. The Labute approximate surface area is 112 Å². The highest BCUT2D eigenvalue weighted by atomic mass is 16.3. The van der Waals surface area contributed by atoms with Gasteiger partial charge < -0.3 is 5.11 Å². The van der Waals surface area contributed by atoms with Crippen molar-refractivity contribution in [2.24, 2.45) is 0 Å². The van der Waals surface area contributed by atoms with Gasteiger partial charge in [-0.1, -0.05) is 60.2 Å².